The molecule has 0 spiro atoms. The van der Waals surface area contributed by atoms with Gasteiger partial charge in [-0.05, 0) is 12.1 Å². The minimum absolute atomic E-state index is 0.962. The molecule has 1 aliphatic heterocycles. The fourth-order valence-corrected chi connectivity index (χ4v) is 1.28. The van der Waals surface area contributed by atoms with Gasteiger partial charge in [-0.1, -0.05) is 12.2 Å². The van der Waals surface area contributed by atoms with E-state index in [1.54, 1.807) is 0 Å². The molecule has 0 N–H and O–H groups in total. The Bertz CT molecular complexity index is 296. The van der Waals surface area contributed by atoms with E-state index in [1.807, 2.05) is 12.3 Å². The van der Waals surface area contributed by atoms with Gasteiger partial charge in [0.1, 0.15) is 5.82 Å². The Kier molecular flexibility index (Phi) is 1.42. The molecule has 0 bridgehead atoms. The van der Waals surface area contributed by atoms with Crippen LogP contribution >= 0.6 is 0 Å². The second-order valence-corrected chi connectivity index (χ2v) is 2.70. The van der Waals surface area contributed by atoms with E-state index in [-0.39, 0.29) is 0 Å². The van der Waals surface area contributed by atoms with Gasteiger partial charge in [0.15, 0.2) is 0 Å². The SMILES string of the molecule is BN1CC=Cc2cccnc21. The zero-order valence-electron chi connectivity index (χ0n) is 6.49. The third kappa shape index (κ3) is 1.02. The molecule has 3 heteroatoms. The van der Waals surface area contributed by atoms with Crippen molar-refractivity contribution in [3.05, 3.63) is 30.0 Å². The van der Waals surface area contributed by atoms with Gasteiger partial charge in [-0.15, -0.1) is 0 Å². The molecule has 0 saturated heterocycles. The summed E-state index contributed by atoms with van der Waals surface area (Å²) in [5, 5.41) is 0. The molecule has 0 aromatic carbocycles. The maximum absolute atomic E-state index is 4.27. The number of hydrogen-bond donors (Lipinski definition) is 0. The standard InChI is InChI=1S/C8H9BN2/c9-11-6-2-4-7-3-1-5-10-8(7)11/h1-5H,6,9H2. The summed E-state index contributed by atoms with van der Waals surface area (Å²) in [6.07, 6.45) is 6.08. The summed E-state index contributed by atoms with van der Waals surface area (Å²) in [7, 11) is 2.05. The van der Waals surface area contributed by atoms with E-state index in [1.165, 1.54) is 5.56 Å². The van der Waals surface area contributed by atoms with E-state index in [9.17, 15) is 0 Å². The summed E-state index contributed by atoms with van der Waals surface area (Å²) in [5.41, 5.74) is 1.21. The Morgan fingerprint density at radius 3 is 3.27 bits per heavy atom. The quantitative estimate of drug-likeness (QED) is 0.492. The van der Waals surface area contributed by atoms with Crippen LogP contribution in [0, 0.1) is 0 Å². The Morgan fingerprint density at radius 1 is 1.55 bits per heavy atom. The third-order valence-corrected chi connectivity index (χ3v) is 1.86. The largest absolute Gasteiger partial charge is 0.403 e. The molecule has 2 rings (SSSR count). The van der Waals surface area contributed by atoms with Crippen molar-refractivity contribution < 1.29 is 0 Å². The second kappa shape index (κ2) is 2.42. The highest BCUT2D eigenvalue weighted by Gasteiger charge is 2.07. The second-order valence-electron chi connectivity index (χ2n) is 2.70. The molecule has 0 radical (unpaired) electrons. The summed E-state index contributed by atoms with van der Waals surface area (Å²) in [6, 6.07) is 4.04. The van der Waals surface area contributed by atoms with Gasteiger partial charge < -0.3 is 4.81 Å². The normalized spacial score (nSPS) is 14.7. The highest BCUT2D eigenvalue weighted by Crippen LogP contribution is 2.19. The van der Waals surface area contributed by atoms with Crippen LogP contribution in [0.4, 0.5) is 5.82 Å². The maximum Gasteiger partial charge on any atom is 0.219 e. The molecule has 11 heavy (non-hydrogen) atoms. The Morgan fingerprint density at radius 2 is 2.45 bits per heavy atom. The zero-order valence-corrected chi connectivity index (χ0v) is 6.49. The van der Waals surface area contributed by atoms with Crippen LogP contribution < -0.4 is 4.81 Å². The van der Waals surface area contributed by atoms with Crippen LogP contribution in [0.5, 0.6) is 0 Å². The predicted octanol–water partition coefficient (Wildman–Crippen LogP) is 0.463. The lowest BCUT2D eigenvalue weighted by Gasteiger charge is -2.22. The van der Waals surface area contributed by atoms with Crippen LogP contribution in [0.2, 0.25) is 0 Å². The van der Waals surface area contributed by atoms with Crippen molar-refractivity contribution in [2.45, 2.75) is 0 Å². The highest BCUT2D eigenvalue weighted by atomic mass is 15.1. The number of fused-ring (bicyclic) bond motifs is 1. The Balaban J connectivity index is 2.54. The fraction of sp³-hybridized carbons (Fsp3) is 0.125. The lowest BCUT2D eigenvalue weighted by atomic mass is 10.1. The molecule has 54 valence electrons. The van der Waals surface area contributed by atoms with E-state index in [2.05, 4.69) is 36.0 Å². The minimum Gasteiger partial charge on any atom is -0.403 e. The van der Waals surface area contributed by atoms with Crippen molar-refractivity contribution in [1.82, 2.24) is 4.98 Å². The lowest BCUT2D eigenvalue weighted by molar-refractivity contribution is 1.10. The number of hydrogen-bond acceptors (Lipinski definition) is 2. The maximum atomic E-state index is 4.27. The first-order valence-electron chi connectivity index (χ1n) is 3.70. The topological polar surface area (TPSA) is 16.1 Å². The molecule has 0 aliphatic carbocycles. The van der Waals surface area contributed by atoms with Crippen molar-refractivity contribution in [3.63, 3.8) is 0 Å². The summed E-state index contributed by atoms with van der Waals surface area (Å²) in [6.45, 7) is 0.962. The van der Waals surface area contributed by atoms with Gasteiger partial charge in [0.2, 0.25) is 7.98 Å². The number of anilines is 1. The monoisotopic (exact) mass is 144 g/mol. The molecule has 2 nitrogen and oxygen atoms in total. The third-order valence-electron chi connectivity index (χ3n) is 1.86. The van der Waals surface area contributed by atoms with E-state index >= 15 is 0 Å². The van der Waals surface area contributed by atoms with Gasteiger partial charge >= 0.3 is 0 Å². The Hall–Kier alpha value is -1.25. The molecule has 1 aliphatic rings. The molecular formula is C8H9BN2. The van der Waals surface area contributed by atoms with Crippen LogP contribution in [0.3, 0.4) is 0 Å². The molecule has 1 aromatic heterocycles. The number of aromatic nitrogens is 1. The van der Waals surface area contributed by atoms with Crippen molar-refractivity contribution in [3.8, 4) is 0 Å². The zero-order chi connectivity index (χ0) is 7.68. The van der Waals surface area contributed by atoms with Gasteiger partial charge in [-0.2, -0.15) is 0 Å². The fourth-order valence-electron chi connectivity index (χ4n) is 1.28. The molecule has 0 atom stereocenters. The van der Waals surface area contributed by atoms with Crippen molar-refractivity contribution in [2.24, 2.45) is 0 Å². The van der Waals surface area contributed by atoms with Crippen LogP contribution in [0.15, 0.2) is 24.4 Å². The van der Waals surface area contributed by atoms with Crippen LogP contribution in [-0.4, -0.2) is 19.5 Å². The number of nitrogens with zero attached hydrogens (tertiary/aromatic N) is 2. The Labute approximate surface area is 67.0 Å². The van der Waals surface area contributed by atoms with E-state index in [4.69, 9.17) is 0 Å². The van der Waals surface area contributed by atoms with Gasteiger partial charge in [0, 0.05) is 18.3 Å². The number of pyridine rings is 1. The average molecular weight is 144 g/mol. The molecule has 2 heterocycles. The highest BCUT2D eigenvalue weighted by molar-refractivity contribution is 6.18. The van der Waals surface area contributed by atoms with Crippen LogP contribution in [-0.2, 0) is 0 Å². The van der Waals surface area contributed by atoms with Crippen molar-refractivity contribution >= 4 is 19.9 Å². The average Bonchev–Trinajstić information content (AvgIpc) is 2.06. The van der Waals surface area contributed by atoms with Gasteiger partial charge in [-0.3, -0.25) is 0 Å². The van der Waals surface area contributed by atoms with Crippen molar-refractivity contribution in [2.75, 3.05) is 11.4 Å². The van der Waals surface area contributed by atoms with Crippen LogP contribution in [0.25, 0.3) is 6.08 Å². The van der Waals surface area contributed by atoms with Gasteiger partial charge in [-0.25, -0.2) is 4.98 Å². The smallest absolute Gasteiger partial charge is 0.219 e. The first-order valence-corrected chi connectivity index (χ1v) is 3.70. The molecule has 0 fully saturated rings. The summed E-state index contributed by atoms with van der Waals surface area (Å²) < 4.78 is 0. The number of rotatable bonds is 0. The van der Waals surface area contributed by atoms with E-state index in [0.29, 0.717) is 0 Å². The minimum atomic E-state index is 0.962. The summed E-state index contributed by atoms with van der Waals surface area (Å²) in [4.78, 5) is 6.41. The van der Waals surface area contributed by atoms with Crippen LogP contribution in [0.1, 0.15) is 5.56 Å². The van der Waals surface area contributed by atoms with E-state index < -0.39 is 0 Å². The molecular weight excluding hydrogens is 135 g/mol. The summed E-state index contributed by atoms with van der Waals surface area (Å²) >= 11 is 0. The first-order chi connectivity index (χ1) is 5.38. The molecule has 1 aromatic rings. The summed E-state index contributed by atoms with van der Waals surface area (Å²) in [5.74, 6) is 1.08. The van der Waals surface area contributed by atoms with Crippen molar-refractivity contribution in [1.29, 1.82) is 0 Å². The van der Waals surface area contributed by atoms with E-state index in [0.717, 1.165) is 12.4 Å². The molecule has 0 amide bonds. The first kappa shape index (κ1) is 6.46. The molecule has 0 unspecified atom stereocenters. The molecule has 0 saturated carbocycles. The van der Waals surface area contributed by atoms with Gasteiger partial charge in [0.25, 0.3) is 0 Å². The predicted molar refractivity (Wildman–Crippen MR) is 49.2 cm³/mol. The lowest BCUT2D eigenvalue weighted by Crippen LogP contribution is -2.23. The van der Waals surface area contributed by atoms with Gasteiger partial charge in [0.05, 0.1) is 0 Å².